The van der Waals surface area contributed by atoms with Gasteiger partial charge in [0.15, 0.2) is 17.5 Å². The first kappa shape index (κ1) is 33.7. The molecule has 0 saturated heterocycles. The lowest BCUT2D eigenvalue weighted by molar-refractivity contribution is 0.556. The van der Waals surface area contributed by atoms with Crippen LogP contribution in [-0.4, -0.2) is 19.5 Å². The lowest BCUT2D eigenvalue weighted by atomic mass is 9.53. The summed E-state index contributed by atoms with van der Waals surface area (Å²) < 4.78 is 2.51. The Kier molecular flexibility index (Phi) is 7.16. The molecule has 1 spiro atoms. The van der Waals surface area contributed by atoms with Crippen LogP contribution in [0, 0.1) is 0 Å². The highest BCUT2D eigenvalue weighted by Crippen LogP contribution is 2.60. The summed E-state index contributed by atoms with van der Waals surface area (Å²) in [6.45, 7) is 4.78. The molecular weight excluding hydrogens is 717 g/mol. The van der Waals surface area contributed by atoms with Gasteiger partial charge in [-0.3, -0.25) is 0 Å². The molecule has 1 aliphatic carbocycles. The number of benzene rings is 8. The summed E-state index contributed by atoms with van der Waals surface area (Å²) in [5, 5.41) is 2.55. The SMILES string of the molecule is CC1(C)c2ccccc2C2(c3ccccc3-n3c4ccccc4c4cccc2c43)c2cc(-c3cccc(-c4nc(-c5ccccc5)nc(-c5ccccc5)n4)c3)ccc21. The Morgan fingerprint density at radius 1 is 0.356 bits per heavy atom. The first-order valence-electron chi connectivity index (χ1n) is 20.4. The van der Waals surface area contributed by atoms with E-state index in [-0.39, 0.29) is 5.41 Å². The molecule has 1 atom stereocenters. The van der Waals surface area contributed by atoms with E-state index in [2.05, 4.69) is 176 Å². The van der Waals surface area contributed by atoms with Gasteiger partial charge in [-0.05, 0) is 68.8 Å². The molecule has 12 rings (SSSR count). The van der Waals surface area contributed by atoms with Crippen molar-refractivity contribution in [1.82, 2.24) is 19.5 Å². The van der Waals surface area contributed by atoms with Gasteiger partial charge in [0.05, 0.1) is 22.1 Å². The second-order valence-electron chi connectivity index (χ2n) is 16.4. The summed E-state index contributed by atoms with van der Waals surface area (Å²) in [6, 6.07) is 70.3. The van der Waals surface area contributed by atoms with Gasteiger partial charge >= 0.3 is 0 Å². The van der Waals surface area contributed by atoms with Crippen LogP contribution in [0.1, 0.15) is 47.2 Å². The fourth-order valence-electron chi connectivity index (χ4n) is 10.3. The van der Waals surface area contributed by atoms with Gasteiger partial charge in [0.25, 0.3) is 0 Å². The first-order valence-corrected chi connectivity index (χ1v) is 20.4. The van der Waals surface area contributed by atoms with E-state index in [4.69, 9.17) is 15.0 Å². The van der Waals surface area contributed by atoms with Crippen molar-refractivity contribution in [3.63, 3.8) is 0 Å². The van der Waals surface area contributed by atoms with Crippen LogP contribution >= 0.6 is 0 Å². The molecule has 278 valence electrons. The molecule has 2 aromatic heterocycles. The Labute approximate surface area is 343 Å². The van der Waals surface area contributed by atoms with Crippen molar-refractivity contribution >= 4 is 21.8 Å². The summed E-state index contributed by atoms with van der Waals surface area (Å²) in [5.74, 6) is 1.95. The largest absolute Gasteiger partial charge is 0.309 e. The standard InChI is InChI=1S/C55H38N4/c1-54(2)42-25-10-11-26-44(42)55(45-27-12-14-30-49(45)59-48-29-13-9-23-40(48)41-24-16-28-46(55)50(41)59)47-34-38(31-32-43(47)54)37-21-15-22-39(33-37)53-57-51(35-17-5-3-6-18-35)56-52(58-53)36-19-7-4-8-20-36/h3-34H,1-2H3. The molecule has 4 heteroatoms. The molecule has 3 heterocycles. The summed E-state index contributed by atoms with van der Waals surface area (Å²) in [5.41, 5.74) is 16.0. The second-order valence-corrected chi connectivity index (χ2v) is 16.4. The van der Waals surface area contributed by atoms with Gasteiger partial charge in [-0.15, -0.1) is 0 Å². The molecule has 2 aliphatic rings. The fraction of sp³-hybridized carbons (Fsp3) is 0.0727. The number of hydrogen-bond donors (Lipinski definition) is 0. The summed E-state index contributed by atoms with van der Waals surface area (Å²) in [7, 11) is 0. The Morgan fingerprint density at radius 3 is 1.61 bits per heavy atom. The third kappa shape index (κ3) is 4.74. The number of nitrogens with zero attached hydrogens (tertiary/aromatic N) is 4. The summed E-state index contributed by atoms with van der Waals surface area (Å²) >= 11 is 0. The van der Waals surface area contributed by atoms with Gasteiger partial charge in [0.1, 0.15) is 0 Å². The first-order chi connectivity index (χ1) is 29.0. The van der Waals surface area contributed by atoms with Gasteiger partial charge in [-0.1, -0.05) is 184 Å². The van der Waals surface area contributed by atoms with E-state index in [1.54, 1.807) is 0 Å². The predicted octanol–water partition coefficient (Wildman–Crippen LogP) is 13.0. The average molecular weight is 755 g/mol. The van der Waals surface area contributed by atoms with E-state index in [0.29, 0.717) is 17.5 Å². The number of aromatic nitrogens is 4. The monoisotopic (exact) mass is 754 g/mol. The molecule has 1 aliphatic heterocycles. The van der Waals surface area contributed by atoms with Crippen LogP contribution in [0.2, 0.25) is 0 Å². The summed E-state index contributed by atoms with van der Waals surface area (Å²) in [4.78, 5) is 15.1. The molecule has 0 saturated carbocycles. The van der Waals surface area contributed by atoms with Gasteiger partial charge in [-0.25, -0.2) is 15.0 Å². The van der Waals surface area contributed by atoms with Crippen LogP contribution in [-0.2, 0) is 10.8 Å². The highest BCUT2D eigenvalue weighted by atomic mass is 15.0. The van der Waals surface area contributed by atoms with E-state index in [1.165, 1.54) is 60.9 Å². The van der Waals surface area contributed by atoms with Crippen LogP contribution < -0.4 is 0 Å². The average Bonchev–Trinajstić information content (AvgIpc) is 3.65. The molecule has 10 aromatic rings. The summed E-state index contributed by atoms with van der Waals surface area (Å²) in [6.07, 6.45) is 0. The maximum absolute atomic E-state index is 5.08. The zero-order chi connectivity index (χ0) is 39.3. The van der Waals surface area contributed by atoms with E-state index >= 15 is 0 Å². The third-order valence-corrected chi connectivity index (χ3v) is 12.9. The van der Waals surface area contributed by atoms with Crippen LogP contribution in [0.3, 0.4) is 0 Å². The molecule has 4 nitrogen and oxygen atoms in total. The molecule has 1 unspecified atom stereocenters. The molecule has 0 radical (unpaired) electrons. The van der Waals surface area contributed by atoms with Crippen molar-refractivity contribution in [2.45, 2.75) is 24.7 Å². The number of hydrogen-bond acceptors (Lipinski definition) is 3. The maximum atomic E-state index is 5.08. The van der Waals surface area contributed by atoms with Crippen molar-refractivity contribution in [1.29, 1.82) is 0 Å². The lowest BCUT2D eigenvalue weighted by Gasteiger charge is -2.50. The van der Waals surface area contributed by atoms with E-state index in [1.807, 2.05) is 36.4 Å². The van der Waals surface area contributed by atoms with E-state index in [0.717, 1.165) is 27.8 Å². The zero-order valence-electron chi connectivity index (χ0n) is 32.8. The Bertz CT molecular complexity index is 3250. The molecule has 0 bridgehead atoms. The minimum absolute atomic E-state index is 0.239. The van der Waals surface area contributed by atoms with E-state index < -0.39 is 5.41 Å². The van der Waals surface area contributed by atoms with Crippen LogP contribution in [0.15, 0.2) is 194 Å². The fourth-order valence-corrected chi connectivity index (χ4v) is 10.3. The zero-order valence-corrected chi connectivity index (χ0v) is 32.8. The second kappa shape index (κ2) is 12.5. The van der Waals surface area contributed by atoms with Crippen LogP contribution in [0.25, 0.3) is 72.8 Å². The van der Waals surface area contributed by atoms with Gasteiger partial charge in [-0.2, -0.15) is 0 Å². The molecule has 0 fully saturated rings. The van der Waals surface area contributed by atoms with Crippen molar-refractivity contribution in [3.05, 3.63) is 228 Å². The third-order valence-electron chi connectivity index (χ3n) is 12.9. The molecular formula is C55H38N4. The Morgan fingerprint density at radius 2 is 0.864 bits per heavy atom. The number of fused-ring (bicyclic) bond motifs is 11. The quantitative estimate of drug-likeness (QED) is 0.180. The van der Waals surface area contributed by atoms with Gasteiger partial charge in [0, 0.05) is 32.9 Å². The van der Waals surface area contributed by atoms with Crippen molar-refractivity contribution in [2.24, 2.45) is 0 Å². The topological polar surface area (TPSA) is 43.6 Å². The van der Waals surface area contributed by atoms with Crippen LogP contribution in [0.5, 0.6) is 0 Å². The van der Waals surface area contributed by atoms with Gasteiger partial charge in [0.2, 0.25) is 0 Å². The number of rotatable bonds is 4. The minimum Gasteiger partial charge on any atom is -0.309 e. The molecule has 0 amide bonds. The van der Waals surface area contributed by atoms with Crippen molar-refractivity contribution in [3.8, 4) is 51.0 Å². The van der Waals surface area contributed by atoms with Crippen molar-refractivity contribution < 1.29 is 0 Å². The predicted molar refractivity (Wildman–Crippen MR) is 240 cm³/mol. The Hall–Kier alpha value is -7.43. The smallest absolute Gasteiger partial charge is 0.164 e. The van der Waals surface area contributed by atoms with Crippen LogP contribution in [0.4, 0.5) is 0 Å². The van der Waals surface area contributed by atoms with E-state index in [9.17, 15) is 0 Å². The Balaban J connectivity index is 1.11. The normalized spacial score (nSPS) is 15.8. The maximum Gasteiger partial charge on any atom is 0.164 e. The highest BCUT2D eigenvalue weighted by molar-refractivity contribution is 6.12. The molecule has 59 heavy (non-hydrogen) atoms. The highest BCUT2D eigenvalue weighted by Gasteiger charge is 2.52. The van der Waals surface area contributed by atoms with Crippen molar-refractivity contribution in [2.75, 3.05) is 0 Å². The number of para-hydroxylation sites is 3. The molecule has 8 aromatic carbocycles. The van der Waals surface area contributed by atoms with Gasteiger partial charge < -0.3 is 4.57 Å². The lowest BCUT2D eigenvalue weighted by Crippen LogP contribution is -2.44. The minimum atomic E-state index is -0.571. The molecule has 0 N–H and O–H groups in total.